The topological polar surface area (TPSA) is 42.1 Å². The smallest absolute Gasteiger partial charge is 0.210 e. The molecule has 1 unspecified atom stereocenters. The lowest BCUT2D eigenvalue weighted by molar-refractivity contribution is 0.0209. The molecule has 1 aromatic heterocycles. The summed E-state index contributed by atoms with van der Waals surface area (Å²) < 4.78 is 5.46. The average Bonchev–Trinajstić information content (AvgIpc) is 2.73. The van der Waals surface area contributed by atoms with Gasteiger partial charge in [0.1, 0.15) is 5.60 Å². The average molecular weight is 179 g/mol. The van der Waals surface area contributed by atoms with Crippen molar-refractivity contribution >= 4 is 5.78 Å². The molecular weight excluding hydrogens is 166 g/mol. The monoisotopic (exact) mass is 179 g/mol. The molecule has 1 aliphatic rings. The summed E-state index contributed by atoms with van der Waals surface area (Å²) in [7, 11) is 0. The van der Waals surface area contributed by atoms with Crippen LogP contribution in [0.25, 0.3) is 0 Å². The molecule has 0 bridgehead atoms. The molecule has 1 atom stereocenters. The lowest BCUT2D eigenvalue weighted by Crippen LogP contribution is -2.34. The van der Waals surface area contributed by atoms with Gasteiger partial charge >= 0.3 is 0 Å². The second-order valence-corrected chi connectivity index (χ2v) is 3.60. The highest BCUT2D eigenvalue weighted by Gasteiger charge is 2.38. The lowest BCUT2D eigenvalue weighted by Gasteiger charge is -2.20. The summed E-state index contributed by atoms with van der Waals surface area (Å²) >= 11 is 0. The van der Waals surface area contributed by atoms with Crippen LogP contribution in [0.2, 0.25) is 0 Å². The number of Topliss-reactive ketones (excluding diaryl/α,β-unsaturated/α-hetero) is 1. The summed E-state index contributed by atoms with van der Waals surface area (Å²) in [5.74, 6) is 0.0648. The SMILES string of the molecule is CC1(C(=O)c2ccc[nH]2)CCCO1. The number of hydrogen-bond acceptors (Lipinski definition) is 2. The van der Waals surface area contributed by atoms with Crippen molar-refractivity contribution in [3.8, 4) is 0 Å². The number of aromatic amines is 1. The van der Waals surface area contributed by atoms with Crippen LogP contribution < -0.4 is 0 Å². The van der Waals surface area contributed by atoms with Crippen molar-refractivity contribution in [2.75, 3.05) is 6.61 Å². The van der Waals surface area contributed by atoms with Gasteiger partial charge in [-0.3, -0.25) is 4.79 Å². The number of carbonyl (C=O) groups excluding carboxylic acids is 1. The van der Waals surface area contributed by atoms with Gasteiger partial charge in [0, 0.05) is 12.8 Å². The standard InChI is InChI=1S/C10H13NO2/c1-10(5-3-7-13-10)9(12)8-4-2-6-11-8/h2,4,6,11H,3,5,7H2,1H3. The molecule has 2 heterocycles. The molecule has 1 saturated heterocycles. The zero-order valence-corrected chi connectivity index (χ0v) is 7.67. The summed E-state index contributed by atoms with van der Waals surface area (Å²) in [5, 5.41) is 0. The molecule has 1 aliphatic heterocycles. The molecule has 13 heavy (non-hydrogen) atoms. The molecule has 1 N–H and O–H groups in total. The quantitative estimate of drug-likeness (QED) is 0.703. The first-order chi connectivity index (χ1) is 6.22. The highest BCUT2D eigenvalue weighted by atomic mass is 16.5. The molecule has 0 spiro atoms. The predicted octanol–water partition coefficient (Wildman–Crippen LogP) is 1.77. The van der Waals surface area contributed by atoms with Crippen LogP contribution in [0.4, 0.5) is 0 Å². The van der Waals surface area contributed by atoms with Gasteiger partial charge < -0.3 is 9.72 Å². The summed E-state index contributed by atoms with van der Waals surface area (Å²) in [6, 6.07) is 3.61. The minimum atomic E-state index is -0.592. The zero-order valence-electron chi connectivity index (χ0n) is 7.67. The van der Waals surface area contributed by atoms with E-state index in [9.17, 15) is 4.79 Å². The van der Waals surface area contributed by atoms with Crippen molar-refractivity contribution in [3.63, 3.8) is 0 Å². The summed E-state index contributed by atoms with van der Waals surface area (Å²) in [6.07, 6.45) is 3.55. The number of ether oxygens (including phenoxy) is 1. The van der Waals surface area contributed by atoms with Gasteiger partial charge in [-0.1, -0.05) is 0 Å². The number of ketones is 1. The largest absolute Gasteiger partial charge is 0.367 e. The fourth-order valence-electron chi connectivity index (χ4n) is 1.71. The van der Waals surface area contributed by atoms with E-state index < -0.39 is 5.60 Å². The minimum absolute atomic E-state index is 0.0648. The maximum absolute atomic E-state index is 11.9. The van der Waals surface area contributed by atoms with Crippen molar-refractivity contribution in [2.45, 2.75) is 25.4 Å². The van der Waals surface area contributed by atoms with Crippen molar-refractivity contribution in [2.24, 2.45) is 0 Å². The first-order valence-electron chi connectivity index (χ1n) is 4.54. The van der Waals surface area contributed by atoms with Crippen molar-refractivity contribution in [1.82, 2.24) is 4.98 Å². The lowest BCUT2D eigenvalue weighted by atomic mass is 9.95. The maximum Gasteiger partial charge on any atom is 0.210 e. The van der Waals surface area contributed by atoms with E-state index in [0.29, 0.717) is 12.3 Å². The molecule has 0 radical (unpaired) electrons. The Morgan fingerprint density at radius 2 is 2.54 bits per heavy atom. The van der Waals surface area contributed by atoms with E-state index in [1.54, 1.807) is 12.3 Å². The molecule has 0 aliphatic carbocycles. The molecule has 3 nitrogen and oxygen atoms in total. The summed E-state index contributed by atoms with van der Waals surface area (Å²) in [5.41, 5.74) is 0.0506. The van der Waals surface area contributed by atoms with Crippen LogP contribution in [-0.2, 0) is 4.74 Å². The maximum atomic E-state index is 11.9. The van der Waals surface area contributed by atoms with E-state index >= 15 is 0 Å². The van der Waals surface area contributed by atoms with Gasteiger partial charge in [-0.25, -0.2) is 0 Å². The zero-order chi connectivity index (χ0) is 9.31. The van der Waals surface area contributed by atoms with Gasteiger partial charge in [-0.2, -0.15) is 0 Å². The third-order valence-corrected chi connectivity index (χ3v) is 2.54. The number of H-pyrrole nitrogens is 1. The normalized spacial score (nSPS) is 27.8. The van der Waals surface area contributed by atoms with E-state index in [1.165, 1.54) is 0 Å². The number of nitrogens with one attached hydrogen (secondary N) is 1. The molecule has 1 fully saturated rings. The highest BCUT2D eigenvalue weighted by Crippen LogP contribution is 2.28. The van der Waals surface area contributed by atoms with Crippen LogP contribution in [0.15, 0.2) is 18.3 Å². The molecule has 1 aromatic rings. The Morgan fingerprint density at radius 3 is 3.08 bits per heavy atom. The number of rotatable bonds is 2. The Bertz CT molecular complexity index is 297. The number of carbonyl (C=O) groups is 1. The fraction of sp³-hybridized carbons (Fsp3) is 0.500. The predicted molar refractivity (Wildman–Crippen MR) is 48.7 cm³/mol. The van der Waals surface area contributed by atoms with E-state index in [-0.39, 0.29) is 5.78 Å². The second kappa shape index (κ2) is 3.00. The first kappa shape index (κ1) is 8.51. The molecule has 3 heteroatoms. The van der Waals surface area contributed by atoms with Gasteiger partial charge in [0.15, 0.2) is 0 Å². The Hall–Kier alpha value is -1.09. The van der Waals surface area contributed by atoms with Crippen LogP contribution in [0.1, 0.15) is 30.3 Å². The third kappa shape index (κ3) is 1.40. The summed E-state index contributed by atoms with van der Waals surface area (Å²) in [4.78, 5) is 14.8. The Morgan fingerprint density at radius 1 is 1.69 bits per heavy atom. The molecule has 0 saturated carbocycles. The third-order valence-electron chi connectivity index (χ3n) is 2.54. The Labute approximate surface area is 77.1 Å². The van der Waals surface area contributed by atoms with Gasteiger partial charge in [-0.15, -0.1) is 0 Å². The van der Waals surface area contributed by atoms with E-state index in [0.717, 1.165) is 12.8 Å². The van der Waals surface area contributed by atoms with Crippen molar-refractivity contribution in [1.29, 1.82) is 0 Å². The van der Waals surface area contributed by atoms with Gasteiger partial charge in [0.05, 0.1) is 5.69 Å². The van der Waals surface area contributed by atoms with Crippen LogP contribution >= 0.6 is 0 Å². The van der Waals surface area contributed by atoms with E-state index in [4.69, 9.17) is 4.74 Å². The van der Waals surface area contributed by atoms with Gasteiger partial charge in [0.25, 0.3) is 0 Å². The molecule has 70 valence electrons. The van der Waals surface area contributed by atoms with Crippen LogP contribution in [-0.4, -0.2) is 23.0 Å². The highest BCUT2D eigenvalue weighted by molar-refractivity contribution is 6.00. The molecule has 0 amide bonds. The van der Waals surface area contributed by atoms with Crippen LogP contribution in [0.3, 0.4) is 0 Å². The fourth-order valence-corrected chi connectivity index (χ4v) is 1.71. The van der Waals surface area contributed by atoms with Crippen LogP contribution in [0.5, 0.6) is 0 Å². The Balaban J connectivity index is 2.21. The van der Waals surface area contributed by atoms with Gasteiger partial charge in [-0.05, 0) is 31.9 Å². The summed E-state index contributed by atoms with van der Waals surface area (Å²) in [6.45, 7) is 2.56. The molecule has 0 aromatic carbocycles. The van der Waals surface area contributed by atoms with E-state index in [2.05, 4.69) is 4.98 Å². The van der Waals surface area contributed by atoms with Crippen molar-refractivity contribution < 1.29 is 9.53 Å². The minimum Gasteiger partial charge on any atom is -0.367 e. The Kier molecular flexibility index (Phi) is 1.96. The number of aromatic nitrogens is 1. The molecular formula is C10H13NO2. The second-order valence-electron chi connectivity index (χ2n) is 3.60. The van der Waals surface area contributed by atoms with E-state index in [1.807, 2.05) is 13.0 Å². The van der Waals surface area contributed by atoms with Crippen LogP contribution in [0, 0.1) is 0 Å². The van der Waals surface area contributed by atoms with Gasteiger partial charge in [0.2, 0.25) is 5.78 Å². The first-order valence-corrected chi connectivity index (χ1v) is 4.54. The van der Waals surface area contributed by atoms with Crippen molar-refractivity contribution in [3.05, 3.63) is 24.0 Å². The molecule has 2 rings (SSSR count). The number of hydrogen-bond donors (Lipinski definition) is 1.